The zero-order chi connectivity index (χ0) is 16.8. The number of nitrogens with one attached hydrogen (secondary N) is 1. The number of carbonyl (C=O) groups is 1. The normalized spacial score (nSPS) is 23.5. The van der Waals surface area contributed by atoms with Crippen LogP contribution in [0.15, 0.2) is 24.3 Å². The first-order chi connectivity index (χ1) is 11.7. The third-order valence-corrected chi connectivity index (χ3v) is 4.88. The minimum Gasteiger partial charge on any atom is -0.484 e. The number of likely N-dealkylation sites (tertiary alicyclic amines) is 1. The number of carbonyl (C=O) groups excluding carboxylic acids is 1. The van der Waals surface area contributed by atoms with Crippen LogP contribution in [-0.4, -0.2) is 36.5 Å². The van der Waals surface area contributed by atoms with Crippen molar-refractivity contribution in [3.63, 3.8) is 0 Å². The van der Waals surface area contributed by atoms with Crippen molar-refractivity contribution in [2.24, 2.45) is 5.92 Å². The molecular formula is C19H25N3O2. The molecule has 5 nitrogen and oxygen atoms in total. The molecule has 1 aromatic rings. The van der Waals surface area contributed by atoms with E-state index >= 15 is 0 Å². The van der Waals surface area contributed by atoms with E-state index in [0.29, 0.717) is 11.8 Å². The lowest BCUT2D eigenvalue weighted by Crippen LogP contribution is -2.32. The Bertz CT molecular complexity index is 605. The fourth-order valence-electron chi connectivity index (χ4n) is 3.55. The zero-order valence-electron chi connectivity index (χ0n) is 14.0. The minimum absolute atomic E-state index is 0.0648. The summed E-state index contributed by atoms with van der Waals surface area (Å²) in [6, 6.07) is 10.5. The monoisotopic (exact) mass is 327 g/mol. The van der Waals surface area contributed by atoms with Crippen molar-refractivity contribution < 1.29 is 9.53 Å². The lowest BCUT2D eigenvalue weighted by molar-refractivity contribution is -0.132. The first-order valence-electron chi connectivity index (χ1n) is 8.91. The average Bonchev–Trinajstić information content (AvgIpc) is 3.15. The van der Waals surface area contributed by atoms with E-state index in [0.717, 1.165) is 57.3 Å². The van der Waals surface area contributed by atoms with Crippen molar-refractivity contribution in [3.05, 3.63) is 24.3 Å². The van der Waals surface area contributed by atoms with Gasteiger partial charge in [-0.2, -0.15) is 5.26 Å². The molecule has 2 fully saturated rings. The summed E-state index contributed by atoms with van der Waals surface area (Å²) in [6.45, 7) is 1.81. The molecule has 0 spiro atoms. The van der Waals surface area contributed by atoms with E-state index < -0.39 is 0 Å². The van der Waals surface area contributed by atoms with E-state index in [1.165, 1.54) is 0 Å². The van der Waals surface area contributed by atoms with Gasteiger partial charge in [0.2, 0.25) is 0 Å². The first-order valence-corrected chi connectivity index (χ1v) is 8.91. The topological polar surface area (TPSA) is 65.4 Å². The summed E-state index contributed by atoms with van der Waals surface area (Å²) in [5.41, 5.74) is 0.990. The van der Waals surface area contributed by atoms with Gasteiger partial charge in [0.15, 0.2) is 6.61 Å². The highest BCUT2D eigenvalue weighted by Crippen LogP contribution is 2.27. The number of anilines is 1. The van der Waals surface area contributed by atoms with Crippen LogP contribution in [0.5, 0.6) is 5.75 Å². The minimum atomic E-state index is 0.0648. The van der Waals surface area contributed by atoms with Gasteiger partial charge in [-0.1, -0.05) is 12.5 Å². The molecule has 2 atom stereocenters. The molecule has 1 aliphatic heterocycles. The molecule has 5 heteroatoms. The number of benzene rings is 1. The van der Waals surface area contributed by atoms with Gasteiger partial charge in [-0.05, 0) is 44.2 Å². The summed E-state index contributed by atoms with van der Waals surface area (Å²) in [5.74, 6) is 0.934. The Morgan fingerprint density at radius 2 is 2.12 bits per heavy atom. The van der Waals surface area contributed by atoms with Gasteiger partial charge in [-0.15, -0.1) is 0 Å². The fraction of sp³-hybridized carbons (Fsp3) is 0.579. The molecule has 24 heavy (non-hydrogen) atoms. The second-order valence-corrected chi connectivity index (χ2v) is 6.74. The molecule has 0 aromatic heterocycles. The summed E-state index contributed by atoms with van der Waals surface area (Å²) in [6.07, 6.45) is 6.28. The molecule has 1 heterocycles. The Kier molecular flexibility index (Phi) is 5.58. The van der Waals surface area contributed by atoms with Gasteiger partial charge in [-0.3, -0.25) is 4.79 Å². The van der Waals surface area contributed by atoms with Gasteiger partial charge < -0.3 is 15.0 Å². The maximum absolute atomic E-state index is 12.0. The number of nitriles is 1. The number of amides is 1. The second-order valence-electron chi connectivity index (χ2n) is 6.74. The second kappa shape index (κ2) is 8.05. The van der Waals surface area contributed by atoms with Crippen molar-refractivity contribution in [1.29, 1.82) is 5.26 Å². The maximum atomic E-state index is 12.0. The smallest absolute Gasteiger partial charge is 0.260 e. The number of nitrogens with zero attached hydrogens (tertiary/aromatic N) is 2. The van der Waals surface area contributed by atoms with Crippen LogP contribution in [0.2, 0.25) is 0 Å². The Morgan fingerprint density at radius 1 is 1.29 bits per heavy atom. The molecule has 0 unspecified atom stereocenters. The van der Waals surface area contributed by atoms with Crippen molar-refractivity contribution in [2.75, 3.05) is 25.0 Å². The fourth-order valence-corrected chi connectivity index (χ4v) is 3.55. The molecule has 0 bridgehead atoms. The van der Waals surface area contributed by atoms with Gasteiger partial charge in [0.05, 0.1) is 6.07 Å². The summed E-state index contributed by atoms with van der Waals surface area (Å²) in [4.78, 5) is 13.9. The molecule has 0 radical (unpaired) electrons. The molecule has 3 rings (SSSR count). The van der Waals surface area contributed by atoms with Crippen molar-refractivity contribution in [1.82, 2.24) is 4.90 Å². The molecular weight excluding hydrogens is 302 g/mol. The summed E-state index contributed by atoms with van der Waals surface area (Å²) in [5, 5.41) is 12.6. The molecule has 1 aliphatic carbocycles. The first kappa shape index (κ1) is 16.6. The van der Waals surface area contributed by atoms with Gasteiger partial charge in [-0.25, -0.2) is 0 Å². The number of rotatable bonds is 5. The van der Waals surface area contributed by atoms with Crippen molar-refractivity contribution in [2.45, 2.75) is 44.6 Å². The lowest BCUT2D eigenvalue weighted by atomic mass is 9.86. The molecule has 128 valence electrons. The van der Waals surface area contributed by atoms with Crippen molar-refractivity contribution >= 4 is 11.6 Å². The van der Waals surface area contributed by atoms with E-state index in [9.17, 15) is 4.79 Å². The number of hydrogen-bond acceptors (Lipinski definition) is 4. The number of hydrogen-bond donors (Lipinski definition) is 1. The molecule has 2 aliphatic rings. The molecule has 1 aromatic carbocycles. The average molecular weight is 327 g/mol. The number of ether oxygens (including phenoxy) is 1. The van der Waals surface area contributed by atoms with E-state index in [4.69, 9.17) is 10.00 Å². The predicted molar refractivity (Wildman–Crippen MR) is 92.7 cm³/mol. The quantitative estimate of drug-likeness (QED) is 0.902. The molecule has 1 amide bonds. The molecule has 1 saturated heterocycles. The van der Waals surface area contributed by atoms with Gasteiger partial charge in [0.25, 0.3) is 5.91 Å². The standard InChI is InChI=1S/C19H25N3O2/c20-13-15-5-3-6-16(11-15)21-17-7-4-8-18(12-17)24-14-19(23)22-9-1-2-10-22/h4,7-8,12,15-16,21H,1-3,5-6,9-11,14H2/t15-,16-/m1/s1. The Labute approximate surface area is 143 Å². The summed E-state index contributed by atoms with van der Waals surface area (Å²) < 4.78 is 5.67. The van der Waals surface area contributed by atoms with Crippen molar-refractivity contribution in [3.8, 4) is 11.8 Å². The SMILES string of the molecule is N#C[C@@H]1CCC[C@@H](Nc2cccc(OCC(=O)N3CCCC3)c2)C1. The Morgan fingerprint density at radius 3 is 2.92 bits per heavy atom. The van der Waals surface area contributed by atoms with Crippen LogP contribution in [-0.2, 0) is 4.79 Å². The van der Waals surface area contributed by atoms with Crippen LogP contribution in [0.3, 0.4) is 0 Å². The predicted octanol–water partition coefficient (Wildman–Crippen LogP) is 3.18. The van der Waals surface area contributed by atoms with E-state index in [-0.39, 0.29) is 18.4 Å². The summed E-state index contributed by atoms with van der Waals surface area (Å²) in [7, 11) is 0. The third-order valence-electron chi connectivity index (χ3n) is 4.88. The van der Waals surface area contributed by atoms with Crippen LogP contribution >= 0.6 is 0 Å². The van der Waals surface area contributed by atoms with Gasteiger partial charge in [0, 0.05) is 36.8 Å². The van der Waals surface area contributed by atoms with E-state index in [1.54, 1.807) is 0 Å². The molecule has 1 N–H and O–H groups in total. The highest BCUT2D eigenvalue weighted by Gasteiger charge is 2.22. The van der Waals surface area contributed by atoms with Crippen LogP contribution in [0.4, 0.5) is 5.69 Å². The highest BCUT2D eigenvalue weighted by atomic mass is 16.5. The summed E-state index contributed by atoms with van der Waals surface area (Å²) >= 11 is 0. The third kappa shape index (κ3) is 4.41. The van der Waals surface area contributed by atoms with Gasteiger partial charge >= 0.3 is 0 Å². The van der Waals surface area contributed by atoms with Crippen LogP contribution in [0.25, 0.3) is 0 Å². The van der Waals surface area contributed by atoms with Crippen LogP contribution < -0.4 is 10.1 Å². The van der Waals surface area contributed by atoms with E-state index in [2.05, 4.69) is 11.4 Å². The zero-order valence-corrected chi connectivity index (χ0v) is 14.0. The van der Waals surface area contributed by atoms with Gasteiger partial charge in [0.1, 0.15) is 5.75 Å². The Balaban J connectivity index is 1.52. The highest BCUT2D eigenvalue weighted by molar-refractivity contribution is 5.78. The van der Waals surface area contributed by atoms with Crippen LogP contribution in [0.1, 0.15) is 38.5 Å². The molecule has 1 saturated carbocycles. The van der Waals surface area contributed by atoms with E-state index in [1.807, 2.05) is 29.2 Å². The Hall–Kier alpha value is -2.22. The largest absolute Gasteiger partial charge is 0.484 e. The lowest BCUT2D eigenvalue weighted by Gasteiger charge is -2.27. The van der Waals surface area contributed by atoms with Crippen LogP contribution in [0, 0.1) is 17.2 Å². The maximum Gasteiger partial charge on any atom is 0.260 e.